The van der Waals surface area contributed by atoms with Crippen molar-refractivity contribution in [2.75, 3.05) is 33.4 Å². The summed E-state index contributed by atoms with van der Waals surface area (Å²) in [4.78, 5) is 13.1. The van der Waals surface area contributed by atoms with Crippen molar-refractivity contribution in [2.45, 2.75) is 18.9 Å². The smallest absolute Gasteiger partial charge is 0.407 e. The van der Waals surface area contributed by atoms with Crippen LogP contribution in [0.25, 0.3) is 0 Å². The van der Waals surface area contributed by atoms with E-state index in [1.807, 2.05) is 0 Å². The molecular formula is C9H18N2O3. The van der Waals surface area contributed by atoms with Crippen molar-refractivity contribution in [1.29, 1.82) is 0 Å². The number of rotatable bonds is 4. The van der Waals surface area contributed by atoms with E-state index < -0.39 is 0 Å². The average molecular weight is 202 g/mol. The van der Waals surface area contributed by atoms with Crippen LogP contribution in [0.5, 0.6) is 0 Å². The van der Waals surface area contributed by atoms with Crippen LogP contribution in [-0.2, 0) is 4.74 Å². The highest BCUT2D eigenvalue weighted by Gasteiger charge is 2.23. The van der Waals surface area contributed by atoms with Gasteiger partial charge in [-0.3, -0.25) is 0 Å². The van der Waals surface area contributed by atoms with Gasteiger partial charge in [-0.25, -0.2) is 4.79 Å². The lowest BCUT2D eigenvalue weighted by Gasteiger charge is -2.15. The van der Waals surface area contributed by atoms with E-state index in [-0.39, 0.29) is 18.7 Å². The van der Waals surface area contributed by atoms with Gasteiger partial charge in [0.25, 0.3) is 0 Å². The number of aliphatic hydroxyl groups is 1. The molecule has 0 aromatic carbocycles. The molecule has 1 saturated heterocycles. The normalized spacial score (nSPS) is 22.3. The van der Waals surface area contributed by atoms with Crippen molar-refractivity contribution in [3.63, 3.8) is 0 Å². The third-order valence-electron chi connectivity index (χ3n) is 2.41. The number of nitrogens with one attached hydrogen (secondary N) is 1. The summed E-state index contributed by atoms with van der Waals surface area (Å²) >= 11 is 0. The Kier molecular flexibility index (Phi) is 4.69. The number of carbonyl (C=O) groups is 1. The minimum Gasteiger partial charge on any atom is -0.453 e. The minimum atomic E-state index is -0.362. The number of hydrogen-bond donors (Lipinski definition) is 2. The molecule has 0 radical (unpaired) electrons. The molecule has 1 heterocycles. The zero-order valence-electron chi connectivity index (χ0n) is 8.53. The second-order valence-corrected chi connectivity index (χ2v) is 3.50. The van der Waals surface area contributed by atoms with Gasteiger partial charge >= 0.3 is 6.09 Å². The number of methoxy groups -OCH3 is 1. The number of nitrogens with zero attached hydrogens (tertiary/aromatic N) is 1. The van der Waals surface area contributed by atoms with Crippen LogP contribution in [0, 0.1) is 0 Å². The fourth-order valence-corrected chi connectivity index (χ4v) is 1.67. The van der Waals surface area contributed by atoms with E-state index in [9.17, 15) is 4.79 Å². The molecule has 0 aromatic heterocycles. The molecule has 1 unspecified atom stereocenters. The van der Waals surface area contributed by atoms with Gasteiger partial charge in [0, 0.05) is 32.3 Å². The molecule has 1 aliphatic heterocycles. The summed E-state index contributed by atoms with van der Waals surface area (Å²) in [5, 5.41) is 11.4. The summed E-state index contributed by atoms with van der Waals surface area (Å²) in [5.74, 6) is 0. The highest BCUT2D eigenvalue weighted by Crippen LogP contribution is 2.09. The van der Waals surface area contributed by atoms with E-state index in [0.29, 0.717) is 0 Å². The Morgan fingerprint density at radius 2 is 2.50 bits per heavy atom. The molecule has 1 amide bonds. The fraction of sp³-hybridized carbons (Fsp3) is 0.889. The Hall–Kier alpha value is -0.810. The van der Waals surface area contributed by atoms with Crippen LogP contribution < -0.4 is 5.32 Å². The largest absolute Gasteiger partial charge is 0.453 e. The van der Waals surface area contributed by atoms with Gasteiger partial charge in [0.15, 0.2) is 0 Å². The molecule has 82 valence electrons. The lowest BCUT2D eigenvalue weighted by Crippen LogP contribution is -2.37. The van der Waals surface area contributed by atoms with E-state index in [4.69, 9.17) is 5.11 Å². The topological polar surface area (TPSA) is 61.8 Å². The first-order valence-corrected chi connectivity index (χ1v) is 4.94. The van der Waals surface area contributed by atoms with E-state index in [2.05, 4.69) is 15.0 Å². The van der Waals surface area contributed by atoms with Crippen molar-refractivity contribution in [3.8, 4) is 0 Å². The van der Waals surface area contributed by atoms with Crippen LogP contribution in [0.2, 0.25) is 0 Å². The van der Waals surface area contributed by atoms with Gasteiger partial charge in [-0.1, -0.05) is 0 Å². The fourth-order valence-electron chi connectivity index (χ4n) is 1.67. The summed E-state index contributed by atoms with van der Waals surface area (Å²) in [6.45, 7) is 2.96. The van der Waals surface area contributed by atoms with Crippen LogP contribution in [0.15, 0.2) is 0 Å². The molecule has 0 aliphatic carbocycles. The van der Waals surface area contributed by atoms with E-state index >= 15 is 0 Å². The molecule has 0 aromatic rings. The maximum absolute atomic E-state index is 10.9. The monoisotopic (exact) mass is 202 g/mol. The highest BCUT2D eigenvalue weighted by atomic mass is 16.5. The standard InChI is InChI=1S/C9H18N2O3/c1-14-9(13)10-8-3-5-11(7-8)4-2-6-12/h8,12H,2-7H2,1H3,(H,10,13). The molecule has 1 aliphatic rings. The minimum absolute atomic E-state index is 0.196. The van der Waals surface area contributed by atoms with Crippen LogP contribution >= 0.6 is 0 Å². The molecule has 0 spiro atoms. The molecule has 2 N–H and O–H groups in total. The number of ether oxygens (including phenoxy) is 1. The number of aliphatic hydroxyl groups excluding tert-OH is 1. The molecule has 14 heavy (non-hydrogen) atoms. The summed E-state index contributed by atoms with van der Waals surface area (Å²) in [6.07, 6.45) is 1.39. The first-order chi connectivity index (χ1) is 6.76. The van der Waals surface area contributed by atoms with Crippen LogP contribution in [0.3, 0.4) is 0 Å². The molecular weight excluding hydrogens is 184 g/mol. The van der Waals surface area contributed by atoms with E-state index in [1.165, 1.54) is 7.11 Å². The second-order valence-electron chi connectivity index (χ2n) is 3.50. The van der Waals surface area contributed by atoms with Gasteiger partial charge in [-0.15, -0.1) is 0 Å². The van der Waals surface area contributed by atoms with Crippen LogP contribution in [0.1, 0.15) is 12.8 Å². The lowest BCUT2D eigenvalue weighted by atomic mass is 10.3. The molecule has 0 bridgehead atoms. The quantitative estimate of drug-likeness (QED) is 0.662. The third kappa shape index (κ3) is 3.51. The molecule has 5 nitrogen and oxygen atoms in total. The summed E-state index contributed by atoms with van der Waals surface area (Å²) in [5.41, 5.74) is 0. The molecule has 1 fully saturated rings. The molecule has 1 atom stereocenters. The average Bonchev–Trinajstić information content (AvgIpc) is 2.62. The SMILES string of the molecule is COC(=O)NC1CCN(CCCO)C1. The van der Waals surface area contributed by atoms with Crippen molar-refractivity contribution < 1.29 is 14.6 Å². The number of carbonyl (C=O) groups excluding carboxylic acids is 1. The van der Waals surface area contributed by atoms with Crippen molar-refractivity contribution in [3.05, 3.63) is 0 Å². The van der Waals surface area contributed by atoms with Gasteiger partial charge < -0.3 is 20.1 Å². The first-order valence-electron chi connectivity index (χ1n) is 4.94. The van der Waals surface area contributed by atoms with Gasteiger partial charge in [-0.05, 0) is 12.8 Å². The van der Waals surface area contributed by atoms with Crippen molar-refractivity contribution in [2.24, 2.45) is 0 Å². The number of amides is 1. The number of hydrogen-bond acceptors (Lipinski definition) is 4. The Balaban J connectivity index is 2.17. The summed E-state index contributed by atoms with van der Waals surface area (Å²) < 4.78 is 4.52. The lowest BCUT2D eigenvalue weighted by molar-refractivity contribution is 0.166. The third-order valence-corrected chi connectivity index (χ3v) is 2.41. The predicted molar refractivity (Wildman–Crippen MR) is 52.1 cm³/mol. The van der Waals surface area contributed by atoms with Crippen molar-refractivity contribution >= 4 is 6.09 Å². The number of likely N-dealkylation sites (tertiary alicyclic amines) is 1. The Bertz CT molecular complexity index is 187. The maximum atomic E-state index is 10.9. The van der Waals surface area contributed by atoms with Crippen molar-refractivity contribution in [1.82, 2.24) is 10.2 Å². The predicted octanol–water partition coefficient (Wildman–Crippen LogP) is -0.201. The van der Waals surface area contributed by atoms with Gasteiger partial charge in [0.2, 0.25) is 0 Å². The zero-order valence-corrected chi connectivity index (χ0v) is 8.53. The summed E-state index contributed by atoms with van der Waals surface area (Å²) in [7, 11) is 1.37. The molecule has 0 saturated carbocycles. The molecule has 5 heteroatoms. The van der Waals surface area contributed by atoms with Crippen LogP contribution in [0.4, 0.5) is 4.79 Å². The highest BCUT2D eigenvalue weighted by molar-refractivity contribution is 5.67. The summed E-state index contributed by atoms with van der Waals surface area (Å²) in [6, 6.07) is 0.196. The first kappa shape index (κ1) is 11.3. The Morgan fingerprint density at radius 3 is 3.14 bits per heavy atom. The Labute approximate surface area is 84.0 Å². The maximum Gasteiger partial charge on any atom is 0.407 e. The second kappa shape index (κ2) is 5.82. The Morgan fingerprint density at radius 1 is 1.71 bits per heavy atom. The van der Waals surface area contributed by atoms with Gasteiger partial charge in [0.05, 0.1) is 7.11 Å². The van der Waals surface area contributed by atoms with Crippen LogP contribution in [-0.4, -0.2) is 55.5 Å². The van der Waals surface area contributed by atoms with Gasteiger partial charge in [-0.2, -0.15) is 0 Å². The zero-order chi connectivity index (χ0) is 10.4. The van der Waals surface area contributed by atoms with E-state index in [1.54, 1.807) is 0 Å². The molecule has 1 rings (SSSR count). The van der Waals surface area contributed by atoms with Gasteiger partial charge in [0.1, 0.15) is 0 Å². The number of alkyl carbamates (subject to hydrolysis) is 1. The van der Waals surface area contributed by atoms with E-state index in [0.717, 1.165) is 32.5 Å².